The molecule has 0 bridgehead atoms. The highest BCUT2D eigenvalue weighted by atomic mass is 16.2. The zero-order valence-electron chi connectivity index (χ0n) is 24.0. The summed E-state index contributed by atoms with van der Waals surface area (Å²) in [5.74, 6) is 0.962. The molecule has 35 heavy (non-hydrogen) atoms. The Morgan fingerprint density at radius 3 is 1.91 bits per heavy atom. The highest BCUT2D eigenvalue weighted by Crippen LogP contribution is 2.22. The summed E-state index contributed by atoms with van der Waals surface area (Å²) in [6, 6.07) is 4.85. The van der Waals surface area contributed by atoms with E-state index in [2.05, 4.69) is 32.7 Å². The van der Waals surface area contributed by atoms with E-state index in [4.69, 9.17) is 0 Å². The average Bonchev–Trinajstić information content (AvgIpc) is 2.86. The summed E-state index contributed by atoms with van der Waals surface area (Å²) in [6.45, 7) is 22.8. The normalized spacial score (nSPS) is 11.0. The molecule has 0 fully saturated rings. The van der Waals surface area contributed by atoms with E-state index in [1.165, 1.54) is 20.3 Å². The third-order valence-corrected chi connectivity index (χ3v) is 5.35. The van der Waals surface area contributed by atoms with E-state index < -0.39 is 0 Å². The van der Waals surface area contributed by atoms with Gasteiger partial charge in [0.25, 0.3) is 0 Å². The molecule has 1 N–H and O–H groups in total. The van der Waals surface area contributed by atoms with E-state index in [0.717, 1.165) is 25.7 Å². The van der Waals surface area contributed by atoms with E-state index in [9.17, 15) is 19.2 Å². The van der Waals surface area contributed by atoms with Gasteiger partial charge in [-0.1, -0.05) is 80.0 Å². The highest BCUT2D eigenvalue weighted by molar-refractivity contribution is 6.12. The monoisotopic (exact) mass is 489 g/mol. The molecule has 0 spiro atoms. The van der Waals surface area contributed by atoms with E-state index in [1.807, 2.05) is 33.8 Å². The van der Waals surface area contributed by atoms with Gasteiger partial charge in [0.05, 0.1) is 11.3 Å². The van der Waals surface area contributed by atoms with E-state index >= 15 is 0 Å². The zero-order valence-corrected chi connectivity index (χ0v) is 24.0. The topological polar surface area (TPSA) is 80.3 Å². The Morgan fingerprint density at radius 2 is 1.51 bits per heavy atom. The van der Waals surface area contributed by atoms with Gasteiger partial charge in [0.15, 0.2) is 11.6 Å². The van der Waals surface area contributed by atoms with Gasteiger partial charge in [0.1, 0.15) is 5.78 Å². The van der Waals surface area contributed by atoms with Crippen LogP contribution in [0, 0.1) is 11.8 Å². The van der Waals surface area contributed by atoms with Crippen LogP contribution in [0.4, 0.5) is 5.69 Å². The van der Waals surface area contributed by atoms with Crippen molar-refractivity contribution in [3.05, 3.63) is 42.0 Å². The van der Waals surface area contributed by atoms with Gasteiger partial charge in [-0.2, -0.15) is 0 Å². The van der Waals surface area contributed by atoms with Gasteiger partial charge in [0, 0.05) is 24.8 Å². The van der Waals surface area contributed by atoms with E-state index in [0.29, 0.717) is 35.3 Å². The molecule has 5 heteroatoms. The lowest BCUT2D eigenvalue weighted by molar-refractivity contribution is -0.119. The van der Waals surface area contributed by atoms with Crippen LogP contribution >= 0.6 is 0 Å². The van der Waals surface area contributed by atoms with Gasteiger partial charge in [-0.05, 0) is 44.6 Å². The molecule has 0 saturated heterocycles. The van der Waals surface area contributed by atoms with Gasteiger partial charge in [-0.25, -0.2) is 0 Å². The van der Waals surface area contributed by atoms with Crippen molar-refractivity contribution in [1.29, 1.82) is 0 Å². The number of nitrogens with one attached hydrogen (secondary N) is 1. The fourth-order valence-corrected chi connectivity index (χ4v) is 3.24. The van der Waals surface area contributed by atoms with Crippen LogP contribution in [0.5, 0.6) is 0 Å². The number of hydrogen-bond acceptors (Lipinski definition) is 4. The molecule has 1 rings (SSSR count). The first-order chi connectivity index (χ1) is 16.6. The van der Waals surface area contributed by atoms with Crippen LogP contribution in [0.1, 0.15) is 128 Å². The number of Topliss-reactive ketones (excluding diaryl/α,β-unsaturated/α-hetero) is 3. The molecular formula is C30H51NO4. The number of anilines is 1. The number of hydrogen-bond donors (Lipinski definition) is 1. The van der Waals surface area contributed by atoms with Gasteiger partial charge in [-0.3, -0.25) is 19.2 Å². The first-order valence-corrected chi connectivity index (χ1v) is 13.2. The lowest BCUT2D eigenvalue weighted by atomic mass is 9.87. The van der Waals surface area contributed by atoms with Gasteiger partial charge in [-0.15, -0.1) is 6.58 Å². The van der Waals surface area contributed by atoms with Crippen molar-refractivity contribution in [3.63, 3.8) is 0 Å². The maximum Gasteiger partial charge on any atom is 0.224 e. The molecule has 1 amide bonds. The van der Waals surface area contributed by atoms with Gasteiger partial charge >= 0.3 is 0 Å². The Morgan fingerprint density at radius 1 is 0.943 bits per heavy atom. The Balaban J connectivity index is -0.000000520. The second-order valence-electron chi connectivity index (χ2n) is 7.85. The summed E-state index contributed by atoms with van der Waals surface area (Å²) in [5.41, 5.74) is 1.02. The molecular weight excluding hydrogens is 438 g/mol. The number of ketones is 3. The van der Waals surface area contributed by atoms with E-state index in [-0.39, 0.29) is 23.0 Å². The molecule has 2 atom stereocenters. The Kier molecular flexibility index (Phi) is 24.5. The maximum atomic E-state index is 11.6. The third kappa shape index (κ3) is 15.9. The van der Waals surface area contributed by atoms with Crippen LogP contribution in [-0.4, -0.2) is 23.3 Å². The summed E-state index contributed by atoms with van der Waals surface area (Å²) >= 11 is 0. The standard InChI is InChI=1S/C13H15NO3.C13H24O.2C2H6/c1-4-12(17)14-11-7-5-6-10(8(2)15)13(11)9(3)16;1-5-8-13(14)10-9-12(7-3)11(4)6-2;2*1-2/h5-7H,4H2,1-3H3,(H,14,17);7,11-12H,3,5-6,8-10H2,1-2,4H3;2*1-2H3. The van der Waals surface area contributed by atoms with Crippen LogP contribution in [-0.2, 0) is 9.59 Å². The molecule has 0 saturated carbocycles. The molecule has 1 aromatic carbocycles. The largest absolute Gasteiger partial charge is 0.325 e. The van der Waals surface area contributed by atoms with Gasteiger partial charge < -0.3 is 5.32 Å². The van der Waals surface area contributed by atoms with Crippen molar-refractivity contribution in [2.75, 3.05) is 5.32 Å². The maximum absolute atomic E-state index is 11.6. The molecule has 0 aliphatic heterocycles. The number of carbonyl (C=O) groups excluding carboxylic acids is 4. The second-order valence-corrected chi connectivity index (χ2v) is 7.85. The van der Waals surface area contributed by atoms with Crippen LogP contribution < -0.4 is 5.32 Å². The van der Waals surface area contributed by atoms with Crippen molar-refractivity contribution in [3.8, 4) is 0 Å². The lowest BCUT2D eigenvalue weighted by Gasteiger charge is -2.18. The summed E-state index contributed by atoms with van der Waals surface area (Å²) in [7, 11) is 0. The second kappa shape index (κ2) is 23.2. The molecule has 0 aromatic heterocycles. The Labute approximate surface area is 215 Å². The summed E-state index contributed by atoms with van der Waals surface area (Å²) in [5, 5.41) is 2.62. The van der Waals surface area contributed by atoms with Crippen LogP contribution in [0.3, 0.4) is 0 Å². The third-order valence-electron chi connectivity index (χ3n) is 5.35. The summed E-state index contributed by atoms with van der Waals surface area (Å²) < 4.78 is 0. The number of amides is 1. The van der Waals surface area contributed by atoms with Crippen molar-refractivity contribution in [1.82, 2.24) is 0 Å². The number of carbonyl (C=O) groups is 4. The highest BCUT2D eigenvalue weighted by Gasteiger charge is 2.16. The van der Waals surface area contributed by atoms with Crippen molar-refractivity contribution in [2.24, 2.45) is 11.8 Å². The van der Waals surface area contributed by atoms with E-state index in [1.54, 1.807) is 25.1 Å². The van der Waals surface area contributed by atoms with Crippen molar-refractivity contribution < 1.29 is 19.2 Å². The van der Waals surface area contributed by atoms with Crippen molar-refractivity contribution >= 4 is 28.9 Å². The first kappa shape index (κ1) is 37.0. The molecule has 0 heterocycles. The number of allylic oxidation sites excluding steroid dienone is 1. The van der Waals surface area contributed by atoms with Crippen LogP contribution in [0.15, 0.2) is 30.9 Å². The predicted octanol–water partition coefficient (Wildman–Crippen LogP) is 8.48. The minimum atomic E-state index is -0.234. The minimum Gasteiger partial charge on any atom is -0.325 e. The first-order valence-electron chi connectivity index (χ1n) is 13.2. The quantitative estimate of drug-likeness (QED) is 0.236. The molecule has 5 nitrogen and oxygen atoms in total. The fourth-order valence-electron chi connectivity index (χ4n) is 3.24. The minimum absolute atomic E-state index is 0.187. The molecule has 0 aliphatic rings. The molecule has 0 radical (unpaired) electrons. The molecule has 1 aromatic rings. The Bertz CT molecular complexity index is 768. The molecule has 2 unspecified atom stereocenters. The van der Waals surface area contributed by atoms with Crippen LogP contribution in [0.2, 0.25) is 0 Å². The SMILES string of the molecule is C=CC(CCC(=O)CCC)C(C)CC.CC.CC.CCC(=O)Nc1cccc(C(C)=O)c1C(C)=O. The van der Waals surface area contributed by atoms with Crippen molar-refractivity contribution in [2.45, 2.75) is 108 Å². The summed E-state index contributed by atoms with van der Waals surface area (Å²) in [6.07, 6.45) is 6.92. The smallest absolute Gasteiger partial charge is 0.224 e. The zero-order chi connectivity index (χ0) is 28.0. The predicted molar refractivity (Wildman–Crippen MR) is 150 cm³/mol. The average molecular weight is 490 g/mol. The Hall–Kier alpha value is -2.56. The number of rotatable bonds is 12. The van der Waals surface area contributed by atoms with Gasteiger partial charge in [0.2, 0.25) is 5.91 Å². The number of benzene rings is 1. The fraction of sp³-hybridized carbons (Fsp3) is 0.600. The lowest BCUT2D eigenvalue weighted by Crippen LogP contribution is -2.15. The molecule has 0 aliphatic carbocycles. The van der Waals surface area contributed by atoms with Crippen LogP contribution in [0.25, 0.3) is 0 Å². The summed E-state index contributed by atoms with van der Waals surface area (Å²) in [4.78, 5) is 45.6. The molecule has 200 valence electrons.